The number of ketones is 1. The molecule has 1 saturated heterocycles. The van der Waals surface area contributed by atoms with E-state index in [2.05, 4.69) is 16.0 Å². The topological polar surface area (TPSA) is 108 Å². The van der Waals surface area contributed by atoms with E-state index in [0.717, 1.165) is 19.3 Å². The van der Waals surface area contributed by atoms with Crippen LogP contribution in [0.2, 0.25) is 0 Å². The van der Waals surface area contributed by atoms with Crippen molar-refractivity contribution in [3.05, 3.63) is 0 Å². The molecule has 2 rings (SSSR count). The van der Waals surface area contributed by atoms with Crippen LogP contribution in [0.4, 0.5) is 0 Å². The number of amides is 3. The normalized spacial score (nSPS) is 20.1. The molecule has 0 radical (unpaired) electrons. The summed E-state index contributed by atoms with van der Waals surface area (Å²) >= 11 is 0. The smallest absolute Gasteiger partial charge is 0.289 e. The van der Waals surface area contributed by atoms with Crippen LogP contribution in [-0.2, 0) is 19.2 Å². The van der Waals surface area contributed by atoms with Crippen molar-refractivity contribution in [3.63, 3.8) is 0 Å². The number of hydrogen-bond donors (Lipinski definition) is 3. The molecular formula is C16H26N4O4. The lowest BCUT2D eigenvalue weighted by atomic mass is 10.2. The quantitative estimate of drug-likeness (QED) is 0.489. The molecule has 1 aliphatic heterocycles. The molecule has 2 fully saturated rings. The molecule has 0 aromatic rings. The first-order valence-corrected chi connectivity index (χ1v) is 8.52. The zero-order valence-corrected chi connectivity index (χ0v) is 14.3. The van der Waals surface area contributed by atoms with Gasteiger partial charge in [-0.25, -0.2) is 0 Å². The van der Waals surface area contributed by atoms with Gasteiger partial charge in [0.2, 0.25) is 17.6 Å². The number of carbonyl (C=O) groups excluding carboxylic acids is 4. The summed E-state index contributed by atoms with van der Waals surface area (Å²) in [6.45, 7) is 4.27. The molecule has 8 heteroatoms. The Hall–Kier alpha value is -1.96. The van der Waals surface area contributed by atoms with E-state index in [4.69, 9.17) is 0 Å². The lowest BCUT2D eigenvalue weighted by Gasteiger charge is -2.24. The Balaban J connectivity index is 1.78. The van der Waals surface area contributed by atoms with Crippen LogP contribution in [0.5, 0.6) is 0 Å². The van der Waals surface area contributed by atoms with Crippen molar-refractivity contribution in [1.82, 2.24) is 20.9 Å². The summed E-state index contributed by atoms with van der Waals surface area (Å²) in [4.78, 5) is 49.2. The first-order valence-electron chi connectivity index (χ1n) is 8.52. The fourth-order valence-electron chi connectivity index (χ4n) is 2.59. The van der Waals surface area contributed by atoms with Crippen LogP contribution in [0.3, 0.4) is 0 Å². The molecule has 1 aliphatic carbocycles. The monoisotopic (exact) mass is 338 g/mol. The van der Waals surface area contributed by atoms with Gasteiger partial charge in [0.05, 0.1) is 13.1 Å². The molecule has 3 amide bonds. The standard InChI is InChI=1S/C16H26N4O4/c1-10(2)17-9-14(22)20-7-3-4-12(20)15(23)18-8-13(21)16(24)19-11-5-6-11/h10-12,17H,3-9H2,1-2H3,(H,18,23)(H,19,24). The third-order valence-electron chi connectivity index (χ3n) is 4.13. The summed E-state index contributed by atoms with van der Waals surface area (Å²) in [6.07, 6.45) is 3.12. The Labute approximate surface area is 141 Å². The Morgan fingerprint density at radius 1 is 1.08 bits per heavy atom. The van der Waals surface area contributed by atoms with Gasteiger partial charge in [0.15, 0.2) is 0 Å². The highest BCUT2D eigenvalue weighted by Crippen LogP contribution is 2.18. The summed E-state index contributed by atoms with van der Waals surface area (Å²) in [7, 11) is 0. The highest BCUT2D eigenvalue weighted by molar-refractivity contribution is 6.37. The lowest BCUT2D eigenvalue weighted by molar-refractivity contribution is -0.140. The van der Waals surface area contributed by atoms with Gasteiger partial charge in [-0.1, -0.05) is 13.8 Å². The summed E-state index contributed by atoms with van der Waals surface area (Å²) in [5.41, 5.74) is 0. The first-order chi connectivity index (χ1) is 11.4. The maximum Gasteiger partial charge on any atom is 0.289 e. The van der Waals surface area contributed by atoms with E-state index in [1.807, 2.05) is 13.8 Å². The van der Waals surface area contributed by atoms with Crippen molar-refractivity contribution < 1.29 is 19.2 Å². The molecule has 8 nitrogen and oxygen atoms in total. The van der Waals surface area contributed by atoms with Gasteiger partial charge < -0.3 is 20.9 Å². The van der Waals surface area contributed by atoms with Crippen molar-refractivity contribution in [1.29, 1.82) is 0 Å². The van der Waals surface area contributed by atoms with Crippen LogP contribution in [0.1, 0.15) is 39.5 Å². The van der Waals surface area contributed by atoms with E-state index >= 15 is 0 Å². The van der Waals surface area contributed by atoms with Gasteiger partial charge in [-0.3, -0.25) is 19.2 Å². The largest absolute Gasteiger partial charge is 0.347 e. The Morgan fingerprint density at radius 3 is 2.42 bits per heavy atom. The minimum atomic E-state index is -0.660. The van der Waals surface area contributed by atoms with E-state index in [0.29, 0.717) is 13.0 Å². The van der Waals surface area contributed by atoms with Gasteiger partial charge in [-0.15, -0.1) is 0 Å². The van der Waals surface area contributed by atoms with E-state index in [1.54, 1.807) is 4.90 Å². The van der Waals surface area contributed by atoms with Crippen LogP contribution in [0.15, 0.2) is 0 Å². The van der Waals surface area contributed by atoms with Crippen LogP contribution in [-0.4, -0.2) is 66.2 Å². The number of carbonyl (C=O) groups is 4. The van der Waals surface area contributed by atoms with Gasteiger partial charge in [0.1, 0.15) is 6.04 Å². The van der Waals surface area contributed by atoms with Gasteiger partial charge >= 0.3 is 0 Å². The molecule has 1 atom stereocenters. The molecule has 24 heavy (non-hydrogen) atoms. The van der Waals surface area contributed by atoms with Gasteiger partial charge in [-0.2, -0.15) is 0 Å². The molecule has 0 aromatic carbocycles. The second-order valence-electron chi connectivity index (χ2n) is 6.67. The maximum atomic E-state index is 12.3. The molecule has 134 valence electrons. The molecule has 1 saturated carbocycles. The van der Waals surface area contributed by atoms with Crippen LogP contribution < -0.4 is 16.0 Å². The average molecular weight is 338 g/mol. The number of rotatable bonds is 8. The number of likely N-dealkylation sites (tertiary alicyclic amines) is 1. The fourth-order valence-corrected chi connectivity index (χ4v) is 2.59. The van der Waals surface area contributed by atoms with E-state index in [9.17, 15) is 19.2 Å². The van der Waals surface area contributed by atoms with Gasteiger partial charge in [0, 0.05) is 18.6 Å². The molecule has 1 heterocycles. The minimum Gasteiger partial charge on any atom is -0.347 e. The number of Topliss-reactive ketones (excluding diaryl/α,β-unsaturated/α-hetero) is 1. The summed E-state index contributed by atoms with van der Waals surface area (Å²) in [5.74, 6) is -1.82. The van der Waals surface area contributed by atoms with Crippen molar-refractivity contribution in [2.24, 2.45) is 0 Å². The van der Waals surface area contributed by atoms with Crippen LogP contribution in [0, 0.1) is 0 Å². The van der Waals surface area contributed by atoms with Gasteiger partial charge in [-0.05, 0) is 25.7 Å². The lowest BCUT2D eigenvalue weighted by Crippen LogP contribution is -2.50. The Bertz CT molecular complexity index is 516. The summed E-state index contributed by atoms with van der Waals surface area (Å²) < 4.78 is 0. The Kier molecular flexibility index (Phi) is 6.30. The zero-order valence-electron chi connectivity index (χ0n) is 14.3. The molecule has 0 aromatic heterocycles. The highest BCUT2D eigenvalue weighted by Gasteiger charge is 2.34. The van der Waals surface area contributed by atoms with E-state index in [-0.39, 0.29) is 37.0 Å². The molecule has 0 bridgehead atoms. The molecule has 3 N–H and O–H groups in total. The second-order valence-corrected chi connectivity index (χ2v) is 6.67. The number of nitrogens with one attached hydrogen (secondary N) is 3. The minimum absolute atomic E-state index is 0.105. The zero-order chi connectivity index (χ0) is 17.7. The SMILES string of the molecule is CC(C)NCC(=O)N1CCCC1C(=O)NCC(=O)C(=O)NC1CC1. The van der Waals surface area contributed by atoms with Crippen molar-refractivity contribution in [2.45, 2.75) is 57.7 Å². The average Bonchev–Trinajstić information content (AvgIpc) is 3.21. The molecule has 1 unspecified atom stereocenters. The third kappa shape index (κ3) is 5.30. The number of hydrogen-bond acceptors (Lipinski definition) is 5. The highest BCUT2D eigenvalue weighted by atomic mass is 16.2. The van der Waals surface area contributed by atoms with Gasteiger partial charge in [0.25, 0.3) is 5.91 Å². The number of nitrogens with zero attached hydrogens (tertiary/aromatic N) is 1. The summed E-state index contributed by atoms with van der Waals surface area (Å²) in [6, 6.07) is -0.272. The van der Waals surface area contributed by atoms with E-state index < -0.39 is 17.7 Å². The molecule has 0 spiro atoms. The maximum absolute atomic E-state index is 12.3. The molecular weight excluding hydrogens is 312 g/mol. The molecule has 2 aliphatic rings. The first kappa shape index (κ1) is 18.4. The van der Waals surface area contributed by atoms with Crippen molar-refractivity contribution in [2.75, 3.05) is 19.6 Å². The fraction of sp³-hybridized carbons (Fsp3) is 0.750. The second kappa shape index (κ2) is 8.23. The predicted molar refractivity (Wildman–Crippen MR) is 87.1 cm³/mol. The Morgan fingerprint density at radius 2 is 1.79 bits per heavy atom. The van der Waals surface area contributed by atoms with Crippen LogP contribution in [0.25, 0.3) is 0 Å². The van der Waals surface area contributed by atoms with Crippen molar-refractivity contribution >= 4 is 23.5 Å². The van der Waals surface area contributed by atoms with E-state index in [1.165, 1.54) is 0 Å². The third-order valence-corrected chi connectivity index (χ3v) is 4.13. The predicted octanol–water partition coefficient (Wildman–Crippen LogP) is -1.06. The van der Waals surface area contributed by atoms with Crippen molar-refractivity contribution in [3.8, 4) is 0 Å². The summed E-state index contributed by atoms with van der Waals surface area (Å²) in [5, 5.41) is 8.11. The van der Waals surface area contributed by atoms with Crippen LogP contribution >= 0.6 is 0 Å².